The lowest BCUT2D eigenvalue weighted by Gasteiger charge is -2.05. The van der Waals surface area contributed by atoms with Crippen molar-refractivity contribution in [2.75, 3.05) is 6.54 Å². The molecule has 1 rings (SSSR count). The monoisotopic (exact) mass is 153 g/mol. The molecule has 2 N–H and O–H groups in total. The average molecular weight is 154 g/mol. The largest absolute Gasteiger partial charge is 0.282 e. The highest BCUT2D eigenvalue weighted by atomic mass is 35.5. The third kappa shape index (κ3) is 1.05. The summed E-state index contributed by atoms with van der Waals surface area (Å²) in [5, 5.41) is 1.59. The lowest BCUT2D eigenvalue weighted by atomic mass is 10.7. The first-order chi connectivity index (χ1) is 3.70. The number of aliphatic imine (C=N–C) groups is 1. The molecule has 0 amide bonds. The van der Waals surface area contributed by atoms with Crippen LogP contribution < -0.4 is 5.84 Å². The van der Waals surface area contributed by atoms with Gasteiger partial charge in [-0.3, -0.25) is 5.01 Å². The van der Waals surface area contributed by atoms with Gasteiger partial charge in [0.25, 0.3) is 0 Å². The first kappa shape index (κ1) is 6.13. The van der Waals surface area contributed by atoms with Crippen LogP contribution in [-0.2, 0) is 0 Å². The molecule has 0 fully saturated rings. The Morgan fingerprint density at radius 1 is 1.88 bits per heavy atom. The number of alkyl halides is 1. The molecule has 3 nitrogen and oxygen atoms in total. The summed E-state index contributed by atoms with van der Waals surface area (Å²) in [6.45, 7) is 0.500. The van der Waals surface area contributed by atoms with Crippen LogP contribution in [0.3, 0.4) is 0 Å². The maximum absolute atomic E-state index is 5.51. The van der Waals surface area contributed by atoms with E-state index < -0.39 is 0 Å². The summed E-state index contributed by atoms with van der Waals surface area (Å²) in [5.41, 5.74) is -0.271. The molecule has 1 aliphatic heterocycles. The Morgan fingerprint density at radius 2 is 2.50 bits per heavy atom. The molecule has 0 saturated heterocycles. The Labute approximate surface area is 57.0 Å². The van der Waals surface area contributed by atoms with Crippen LogP contribution in [0, 0.1) is 0 Å². The first-order valence-corrected chi connectivity index (χ1v) is 2.91. The van der Waals surface area contributed by atoms with E-state index in [2.05, 4.69) is 4.99 Å². The van der Waals surface area contributed by atoms with E-state index >= 15 is 0 Å². The summed E-state index contributed by atoms with van der Waals surface area (Å²) >= 11 is 10.9. The van der Waals surface area contributed by atoms with Gasteiger partial charge in [-0.15, -0.1) is 0 Å². The van der Waals surface area contributed by atoms with Crippen LogP contribution in [0.2, 0.25) is 0 Å². The zero-order valence-corrected chi connectivity index (χ0v) is 5.52. The molecule has 8 heavy (non-hydrogen) atoms. The van der Waals surface area contributed by atoms with Gasteiger partial charge in [-0.25, -0.2) is 10.8 Å². The maximum Gasteiger partial charge on any atom is 0.209 e. The Hall–Kier alpha value is 0.01000. The topological polar surface area (TPSA) is 41.6 Å². The maximum atomic E-state index is 5.51. The molecule has 0 spiro atoms. The second kappa shape index (κ2) is 2.09. The van der Waals surface area contributed by atoms with E-state index in [1.807, 2.05) is 0 Å². The zero-order valence-electron chi connectivity index (χ0n) is 4.01. The lowest BCUT2D eigenvalue weighted by molar-refractivity contribution is 0.480. The van der Waals surface area contributed by atoms with Gasteiger partial charge in [0.15, 0.2) is 0 Å². The van der Waals surface area contributed by atoms with Crippen molar-refractivity contribution < 1.29 is 0 Å². The quantitative estimate of drug-likeness (QED) is 0.310. The van der Waals surface area contributed by atoms with Gasteiger partial charge in [-0.2, -0.15) is 0 Å². The third-order valence-electron chi connectivity index (χ3n) is 0.831. The predicted molar refractivity (Wildman–Crippen MR) is 33.8 cm³/mol. The first-order valence-electron chi connectivity index (χ1n) is 2.10. The molecule has 0 saturated carbocycles. The fraction of sp³-hybridized carbons (Fsp3) is 0.667. The van der Waals surface area contributed by atoms with E-state index in [1.165, 1.54) is 5.01 Å². The summed E-state index contributed by atoms with van der Waals surface area (Å²) < 4.78 is 0. The second-order valence-electron chi connectivity index (χ2n) is 1.48. The number of hydrogen-bond donors (Lipinski definition) is 1. The minimum absolute atomic E-state index is 0.271. The van der Waals surface area contributed by atoms with Crippen LogP contribution in [0.1, 0.15) is 0 Å². The number of rotatable bonds is 0. The highest BCUT2D eigenvalue weighted by Gasteiger charge is 2.17. The highest BCUT2D eigenvalue weighted by molar-refractivity contribution is 6.65. The van der Waals surface area contributed by atoms with Crippen molar-refractivity contribution in [1.82, 2.24) is 5.01 Å². The predicted octanol–water partition coefficient (Wildman–Crippen LogP) is 0.335. The second-order valence-corrected chi connectivity index (χ2v) is 2.33. The Balaban J connectivity index is 2.59. The molecule has 1 atom stereocenters. The van der Waals surface area contributed by atoms with Crippen LogP contribution >= 0.6 is 23.2 Å². The number of halogens is 2. The molecule has 1 heterocycles. The van der Waals surface area contributed by atoms with Gasteiger partial charge in [0, 0.05) is 0 Å². The average Bonchev–Trinajstić information content (AvgIpc) is 1.85. The Bertz CT molecular complexity index is 124. The van der Waals surface area contributed by atoms with Gasteiger partial charge >= 0.3 is 0 Å². The van der Waals surface area contributed by atoms with Crippen molar-refractivity contribution >= 4 is 28.5 Å². The van der Waals surface area contributed by atoms with Crippen molar-refractivity contribution in [2.45, 2.75) is 5.50 Å². The molecule has 5 heteroatoms. The minimum atomic E-state index is -0.271. The summed E-state index contributed by atoms with van der Waals surface area (Å²) in [6, 6.07) is 0. The summed E-state index contributed by atoms with van der Waals surface area (Å²) in [4.78, 5) is 3.72. The molecular weight excluding hydrogens is 149 g/mol. The van der Waals surface area contributed by atoms with Crippen LogP contribution in [-0.4, -0.2) is 22.3 Å². The number of amidine groups is 1. The summed E-state index contributed by atoms with van der Waals surface area (Å²) in [7, 11) is 0. The molecule has 46 valence electrons. The van der Waals surface area contributed by atoms with Crippen LogP contribution in [0.15, 0.2) is 4.99 Å². The summed E-state index contributed by atoms with van der Waals surface area (Å²) in [5.74, 6) is 5.25. The third-order valence-corrected chi connectivity index (χ3v) is 1.38. The van der Waals surface area contributed by atoms with E-state index in [4.69, 9.17) is 29.0 Å². The fourth-order valence-electron chi connectivity index (χ4n) is 0.468. The highest BCUT2D eigenvalue weighted by Crippen LogP contribution is 2.10. The SMILES string of the molecule is NN1CC(Cl)N=C1Cl. The van der Waals surface area contributed by atoms with Crippen molar-refractivity contribution in [3.05, 3.63) is 0 Å². The number of hydrazine groups is 1. The van der Waals surface area contributed by atoms with Gasteiger partial charge in [-0.05, 0) is 11.6 Å². The van der Waals surface area contributed by atoms with Crippen molar-refractivity contribution in [2.24, 2.45) is 10.8 Å². The van der Waals surface area contributed by atoms with E-state index in [0.29, 0.717) is 6.54 Å². The van der Waals surface area contributed by atoms with Gasteiger partial charge in [0.1, 0.15) is 5.50 Å². The molecular formula is C3H5Cl2N3. The molecule has 0 aromatic heterocycles. The van der Waals surface area contributed by atoms with Crippen LogP contribution in [0.4, 0.5) is 0 Å². The smallest absolute Gasteiger partial charge is 0.209 e. The van der Waals surface area contributed by atoms with E-state index in [1.54, 1.807) is 0 Å². The molecule has 1 unspecified atom stereocenters. The van der Waals surface area contributed by atoms with Crippen LogP contribution in [0.25, 0.3) is 0 Å². The summed E-state index contributed by atoms with van der Waals surface area (Å²) in [6.07, 6.45) is 0. The molecule has 0 aliphatic carbocycles. The van der Waals surface area contributed by atoms with Gasteiger partial charge in [0.2, 0.25) is 5.29 Å². The fourth-order valence-corrected chi connectivity index (χ4v) is 0.946. The Kier molecular flexibility index (Phi) is 1.60. The van der Waals surface area contributed by atoms with E-state index in [9.17, 15) is 0 Å². The standard InChI is InChI=1S/C3H5Cl2N3/c4-2-1-8(6)3(5)7-2/h2H,1,6H2. The van der Waals surface area contributed by atoms with Crippen molar-refractivity contribution in [1.29, 1.82) is 0 Å². The van der Waals surface area contributed by atoms with E-state index in [0.717, 1.165) is 0 Å². The van der Waals surface area contributed by atoms with Gasteiger partial charge in [-0.1, -0.05) is 11.6 Å². The minimum Gasteiger partial charge on any atom is -0.282 e. The molecule has 1 aliphatic rings. The van der Waals surface area contributed by atoms with Crippen molar-refractivity contribution in [3.8, 4) is 0 Å². The van der Waals surface area contributed by atoms with Crippen molar-refractivity contribution in [3.63, 3.8) is 0 Å². The Morgan fingerprint density at radius 3 is 2.62 bits per heavy atom. The van der Waals surface area contributed by atoms with Crippen LogP contribution in [0.5, 0.6) is 0 Å². The van der Waals surface area contributed by atoms with Gasteiger partial charge in [0.05, 0.1) is 6.54 Å². The lowest BCUT2D eigenvalue weighted by Crippen LogP contribution is -2.32. The molecule has 0 radical (unpaired) electrons. The van der Waals surface area contributed by atoms with Gasteiger partial charge < -0.3 is 0 Å². The number of hydrogen-bond acceptors (Lipinski definition) is 3. The molecule has 0 aromatic carbocycles. The van der Waals surface area contributed by atoms with E-state index in [-0.39, 0.29) is 10.8 Å². The molecule has 0 bridgehead atoms. The molecule has 0 aromatic rings. The normalized spacial score (nSPS) is 28.6. The number of nitrogens with two attached hydrogens (primary N) is 1. The zero-order chi connectivity index (χ0) is 6.15. The number of nitrogens with zero attached hydrogens (tertiary/aromatic N) is 2.